The molecule has 0 radical (unpaired) electrons. The minimum Gasteiger partial charge on any atom is -0.339 e. The van der Waals surface area contributed by atoms with Gasteiger partial charge < -0.3 is 4.90 Å². The molecule has 1 amide bonds. The summed E-state index contributed by atoms with van der Waals surface area (Å²) in [4.78, 5) is 34.1. The molecule has 2 aliphatic carbocycles. The maximum absolute atomic E-state index is 12.7. The maximum Gasteiger partial charge on any atom is 0.261 e. The lowest BCUT2D eigenvalue weighted by Crippen LogP contribution is -2.53. The molecule has 1 aliphatic heterocycles. The highest BCUT2D eigenvalue weighted by Crippen LogP contribution is 2.46. The van der Waals surface area contributed by atoms with Crippen molar-refractivity contribution in [3.05, 3.63) is 40.9 Å². The molecule has 3 aliphatic rings. The van der Waals surface area contributed by atoms with Gasteiger partial charge in [0.2, 0.25) is 5.91 Å². The summed E-state index contributed by atoms with van der Waals surface area (Å²) in [7, 11) is 0. The lowest BCUT2D eigenvalue weighted by molar-refractivity contribution is -0.134. The Hall–Kier alpha value is -2.21. The molecule has 1 aromatic heterocycles. The van der Waals surface area contributed by atoms with Gasteiger partial charge >= 0.3 is 0 Å². The first-order valence-electron chi connectivity index (χ1n) is 10.1. The van der Waals surface area contributed by atoms with Crippen molar-refractivity contribution < 1.29 is 4.79 Å². The van der Waals surface area contributed by atoms with E-state index in [0.29, 0.717) is 10.9 Å². The van der Waals surface area contributed by atoms with Crippen molar-refractivity contribution in [3.8, 4) is 0 Å². The van der Waals surface area contributed by atoms with E-state index in [9.17, 15) is 9.59 Å². The van der Waals surface area contributed by atoms with Crippen molar-refractivity contribution >= 4 is 16.8 Å². The van der Waals surface area contributed by atoms with Gasteiger partial charge in [0.05, 0.1) is 17.2 Å². The molecule has 1 aromatic carbocycles. The molecule has 0 spiro atoms. The number of fused-ring (bicyclic) bond motifs is 3. The average Bonchev–Trinajstić information content (AvgIpc) is 3.34. The van der Waals surface area contributed by atoms with E-state index in [-0.39, 0.29) is 18.0 Å². The van der Waals surface area contributed by atoms with E-state index >= 15 is 0 Å². The lowest BCUT2D eigenvalue weighted by atomic mass is 9.93. The summed E-state index contributed by atoms with van der Waals surface area (Å²) in [5.74, 6) is 1.85. The van der Waals surface area contributed by atoms with E-state index in [2.05, 4.69) is 9.88 Å². The van der Waals surface area contributed by atoms with E-state index < -0.39 is 0 Å². The zero-order valence-electron chi connectivity index (χ0n) is 15.6. The van der Waals surface area contributed by atoms with Crippen LogP contribution in [0.1, 0.15) is 25.7 Å². The van der Waals surface area contributed by atoms with E-state index in [4.69, 9.17) is 0 Å². The van der Waals surface area contributed by atoms with Crippen LogP contribution in [-0.4, -0.2) is 57.5 Å². The molecule has 2 bridgehead atoms. The summed E-state index contributed by atoms with van der Waals surface area (Å²) >= 11 is 0. The number of benzene rings is 1. The van der Waals surface area contributed by atoms with Gasteiger partial charge in [-0.15, -0.1) is 0 Å². The van der Waals surface area contributed by atoms with Gasteiger partial charge in [-0.2, -0.15) is 0 Å². The zero-order chi connectivity index (χ0) is 18.4. The highest BCUT2D eigenvalue weighted by molar-refractivity contribution is 5.79. The summed E-state index contributed by atoms with van der Waals surface area (Å²) in [6.07, 6.45) is 7.09. The fourth-order valence-electron chi connectivity index (χ4n) is 5.43. The molecule has 0 unspecified atom stereocenters. The summed E-state index contributed by atoms with van der Waals surface area (Å²) in [6.45, 7) is 3.53. The van der Waals surface area contributed by atoms with Crippen LogP contribution < -0.4 is 5.56 Å². The molecule has 2 saturated carbocycles. The molecule has 3 atom stereocenters. The number of piperazine rings is 1. The van der Waals surface area contributed by atoms with Crippen molar-refractivity contribution in [3.63, 3.8) is 0 Å². The molecule has 27 heavy (non-hydrogen) atoms. The molecule has 142 valence electrons. The summed E-state index contributed by atoms with van der Waals surface area (Å²) in [5.41, 5.74) is 0.528. The molecule has 2 aromatic rings. The van der Waals surface area contributed by atoms with E-state index in [1.54, 1.807) is 6.07 Å². The minimum absolute atomic E-state index is 0.0155. The fourth-order valence-corrected chi connectivity index (χ4v) is 5.43. The molecule has 5 rings (SSSR count). The third-order valence-electron chi connectivity index (χ3n) is 6.87. The van der Waals surface area contributed by atoms with Gasteiger partial charge in [0, 0.05) is 32.2 Å². The average molecular weight is 366 g/mol. The maximum atomic E-state index is 12.7. The van der Waals surface area contributed by atoms with E-state index in [1.807, 2.05) is 23.1 Å². The molecule has 2 heterocycles. The van der Waals surface area contributed by atoms with Crippen molar-refractivity contribution in [1.82, 2.24) is 19.4 Å². The number of aromatic nitrogens is 2. The van der Waals surface area contributed by atoms with Crippen LogP contribution in [0.5, 0.6) is 0 Å². The second-order valence-corrected chi connectivity index (χ2v) is 8.35. The van der Waals surface area contributed by atoms with Crippen molar-refractivity contribution in [2.24, 2.45) is 11.8 Å². The Morgan fingerprint density at radius 3 is 2.63 bits per heavy atom. The quantitative estimate of drug-likeness (QED) is 0.830. The monoisotopic (exact) mass is 366 g/mol. The summed E-state index contributed by atoms with van der Waals surface area (Å²) < 4.78 is 1.44. The zero-order valence-corrected chi connectivity index (χ0v) is 15.6. The van der Waals surface area contributed by atoms with Gasteiger partial charge in [-0.1, -0.05) is 18.6 Å². The number of carbonyl (C=O) groups is 1. The Morgan fingerprint density at radius 1 is 1.07 bits per heavy atom. The number of nitrogens with zero attached hydrogens (tertiary/aromatic N) is 4. The minimum atomic E-state index is -0.144. The standard InChI is InChI=1S/C21H26N4O2/c26-20(13-25-14-22-18-4-2-1-3-17(18)21(25)27)24-9-7-23(8-10-24)19-12-15-5-6-16(19)11-15/h1-4,14-16,19H,5-13H2/t15-,16+,19-/m1/s1. The third kappa shape index (κ3) is 3.06. The number of carbonyl (C=O) groups excluding carboxylic acids is 1. The molecular weight excluding hydrogens is 340 g/mol. The Labute approximate surface area is 158 Å². The van der Waals surface area contributed by atoms with Crippen LogP contribution in [0.4, 0.5) is 0 Å². The van der Waals surface area contributed by atoms with Crippen molar-refractivity contribution in [2.45, 2.75) is 38.3 Å². The topological polar surface area (TPSA) is 58.4 Å². The first kappa shape index (κ1) is 16.9. The van der Waals surface area contributed by atoms with Gasteiger partial charge in [0.15, 0.2) is 0 Å². The number of hydrogen-bond donors (Lipinski definition) is 0. The Morgan fingerprint density at radius 2 is 1.89 bits per heavy atom. The van der Waals surface area contributed by atoms with Crippen LogP contribution in [0, 0.1) is 11.8 Å². The number of rotatable bonds is 3. The van der Waals surface area contributed by atoms with Crippen LogP contribution in [0.15, 0.2) is 35.4 Å². The SMILES string of the molecule is O=C(Cn1cnc2ccccc2c1=O)N1CCN([C@@H]2C[C@@H]3CC[C@H]2C3)CC1. The smallest absolute Gasteiger partial charge is 0.261 e. The van der Waals surface area contributed by atoms with Crippen molar-refractivity contribution in [2.75, 3.05) is 26.2 Å². The van der Waals surface area contributed by atoms with E-state index in [1.165, 1.54) is 36.6 Å². The largest absolute Gasteiger partial charge is 0.339 e. The molecular formula is C21H26N4O2. The molecule has 3 fully saturated rings. The summed E-state index contributed by atoms with van der Waals surface area (Å²) in [5, 5.41) is 0.564. The summed E-state index contributed by atoms with van der Waals surface area (Å²) in [6, 6.07) is 8.01. The highest BCUT2D eigenvalue weighted by atomic mass is 16.2. The molecule has 0 N–H and O–H groups in total. The van der Waals surface area contributed by atoms with E-state index in [0.717, 1.165) is 44.1 Å². The van der Waals surface area contributed by atoms with Crippen LogP contribution >= 0.6 is 0 Å². The van der Waals surface area contributed by atoms with Gasteiger partial charge in [-0.05, 0) is 43.2 Å². The number of para-hydroxylation sites is 1. The van der Waals surface area contributed by atoms with Gasteiger partial charge in [0.1, 0.15) is 6.54 Å². The lowest BCUT2D eigenvalue weighted by Gasteiger charge is -2.41. The Balaban J connectivity index is 1.22. The molecule has 6 heteroatoms. The van der Waals surface area contributed by atoms with Crippen LogP contribution in [0.3, 0.4) is 0 Å². The second kappa shape index (κ2) is 6.75. The second-order valence-electron chi connectivity index (χ2n) is 8.35. The first-order valence-corrected chi connectivity index (χ1v) is 10.1. The number of amides is 1. The van der Waals surface area contributed by atoms with Crippen LogP contribution in [0.25, 0.3) is 10.9 Å². The predicted molar refractivity (Wildman–Crippen MR) is 103 cm³/mol. The normalized spacial score (nSPS) is 28.1. The fraction of sp³-hybridized carbons (Fsp3) is 0.571. The van der Waals surface area contributed by atoms with Gasteiger partial charge in [-0.25, -0.2) is 4.98 Å². The van der Waals surface area contributed by atoms with Crippen LogP contribution in [0.2, 0.25) is 0 Å². The molecule has 6 nitrogen and oxygen atoms in total. The highest BCUT2D eigenvalue weighted by Gasteiger charge is 2.42. The van der Waals surface area contributed by atoms with Crippen LogP contribution in [-0.2, 0) is 11.3 Å². The first-order chi connectivity index (χ1) is 13.2. The van der Waals surface area contributed by atoms with Gasteiger partial charge in [0.25, 0.3) is 5.56 Å². The molecule has 1 saturated heterocycles. The predicted octanol–water partition coefficient (Wildman–Crippen LogP) is 1.73. The number of hydrogen-bond acceptors (Lipinski definition) is 4. The van der Waals surface area contributed by atoms with Gasteiger partial charge in [-0.3, -0.25) is 19.1 Å². The Bertz CT molecular complexity index is 916. The Kier molecular flexibility index (Phi) is 4.23. The van der Waals surface area contributed by atoms with Crippen molar-refractivity contribution in [1.29, 1.82) is 0 Å². The third-order valence-corrected chi connectivity index (χ3v) is 6.87.